The van der Waals surface area contributed by atoms with Gasteiger partial charge in [0.2, 0.25) is 4.96 Å². The summed E-state index contributed by atoms with van der Waals surface area (Å²) in [6.45, 7) is 0. The molecule has 2 aromatic heterocycles. The van der Waals surface area contributed by atoms with Crippen LogP contribution in [0, 0.1) is 0 Å². The van der Waals surface area contributed by atoms with Gasteiger partial charge in [-0.05, 0) is 30.3 Å². The van der Waals surface area contributed by atoms with E-state index in [0.29, 0.717) is 49.4 Å². The van der Waals surface area contributed by atoms with Crippen molar-refractivity contribution in [1.82, 2.24) is 14.6 Å². The number of thiazole rings is 1. The number of carbonyl (C=O) groups is 1. The summed E-state index contributed by atoms with van der Waals surface area (Å²) in [6.07, 6.45) is 2.17. The van der Waals surface area contributed by atoms with Crippen LogP contribution >= 0.6 is 11.3 Å². The van der Waals surface area contributed by atoms with Crippen LogP contribution in [-0.4, -0.2) is 48.8 Å². The van der Waals surface area contributed by atoms with Gasteiger partial charge >= 0.3 is 0 Å². The third-order valence-corrected chi connectivity index (χ3v) is 6.19. The van der Waals surface area contributed by atoms with E-state index in [-0.39, 0.29) is 24.2 Å². The molecule has 0 amide bonds. The van der Waals surface area contributed by atoms with Crippen LogP contribution < -0.4 is 29.0 Å². The fraction of sp³-hybridized carbons (Fsp3) is 0.250. The minimum Gasteiger partial charge on any atom is -0.497 e. The van der Waals surface area contributed by atoms with E-state index in [1.165, 1.54) is 30.1 Å². The molecule has 4 aromatic rings. The molecule has 0 radical (unpaired) electrons. The van der Waals surface area contributed by atoms with E-state index in [1.54, 1.807) is 44.6 Å². The second-order valence-electron chi connectivity index (χ2n) is 7.21. The zero-order chi connectivity index (χ0) is 24.2. The maximum Gasteiger partial charge on any atom is 0.291 e. The normalized spacial score (nSPS) is 11.6. The predicted molar refractivity (Wildman–Crippen MR) is 128 cm³/mol. The Morgan fingerprint density at radius 3 is 2.50 bits per heavy atom. The molecule has 0 aliphatic carbocycles. The average Bonchev–Trinajstić information content (AvgIpc) is 3.40. The van der Waals surface area contributed by atoms with Gasteiger partial charge in [0.05, 0.1) is 38.5 Å². The fourth-order valence-corrected chi connectivity index (χ4v) is 4.46. The molecule has 4 rings (SSSR count). The summed E-state index contributed by atoms with van der Waals surface area (Å²) in [5.41, 5.74) is 0.849. The van der Waals surface area contributed by atoms with Crippen molar-refractivity contribution in [2.75, 3.05) is 28.4 Å². The molecular formula is C24H23N3O6S. The highest BCUT2D eigenvalue weighted by Gasteiger charge is 2.17. The molecule has 0 fully saturated rings. The summed E-state index contributed by atoms with van der Waals surface area (Å²) >= 11 is 1.22. The van der Waals surface area contributed by atoms with Gasteiger partial charge in [-0.1, -0.05) is 23.5 Å². The number of Topliss-reactive ketones (excluding diaryl/α,β-unsaturated/α-hetero) is 1. The molecule has 0 aliphatic rings. The van der Waals surface area contributed by atoms with Crippen LogP contribution in [0.3, 0.4) is 0 Å². The minimum atomic E-state index is -0.288. The number of rotatable bonds is 9. The highest BCUT2D eigenvalue weighted by Crippen LogP contribution is 2.31. The van der Waals surface area contributed by atoms with Crippen molar-refractivity contribution in [1.29, 1.82) is 0 Å². The summed E-state index contributed by atoms with van der Waals surface area (Å²) in [4.78, 5) is 30.6. The molecule has 176 valence electrons. The minimum absolute atomic E-state index is 0.129. The van der Waals surface area contributed by atoms with Crippen LogP contribution in [0.1, 0.15) is 28.2 Å². The van der Waals surface area contributed by atoms with Crippen molar-refractivity contribution < 1.29 is 23.7 Å². The van der Waals surface area contributed by atoms with E-state index in [0.717, 1.165) is 0 Å². The smallest absolute Gasteiger partial charge is 0.291 e. The van der Waals surface area contributed by atoms with Gasteiger partial charge in [-0.15, -0.1) is 5.10 Å². The first kappa shape index (κ1) is 23.2. The lowest BCUT2D eigenvalue weighted by Gasteiger charge is -2.09. The third kappa shape index (κ3) is 4.44. The number of carbonyl (C=O) groups excluding carboxylic acids is 1. The Labute approximate surface area is 199 Å². The quantitative estimate of drug-likeness (QED) is 0.336. The molecule has 0 unspecified atom stereocenters. The highest BCUT2D eigenvalue weighted by molar-refractivity contribution is 7.15. The summed E-state index contributed by atoms with van der Waals surface area (Å²) in [5, 5.41) is 4.31. The molecule has 9 nitrogen and oxygen atoms in total. The van der Waals surface area contributed by atoms with Gasteiger partial charge in [0, 0.05) is 18.4 Å². The van der Waals surface area contributed by atoms with Crippen LogP contribution in [0.15, 0.2) is 41.2 Å². The third-order valence-electron chi connectivity index (χ3n) is 5.23. The molecule has 0 spiro atoms. The van der Waals surface area contributed by atoms with Crippen molar-refractivity contribution in [3.05, 3.63) is 68.2 Å². The van der Waals surface area contributed by atoms with Crippen molar-refractivity contribution in [2.45, 2.75) is 12.8 Å². The molecule has 0 bridgehead atoms. The second-order valence-corrected chi connectivity index (χ2v) is 8.22. The van der Waals surface area contributed by atoms with E-state index < -0.39 is 0 Å². The van der Waals surface area contributed by atoms with Gasteiger partial charge in [-0.3, -0.25) is 9.59 Å². The van der Waals surface area contributed by atoms with Crippen molar-refractivity contribution >= 4 is 28.2 Å². The standard InChI is InChI=1S/C24H23N3O6S/c1-30-15-8-10-18(31-2)16(13-15)17(28)9-11-21-25-24-27(26-21)23(29)20(34-24)12-14-6-5-7-19(32-3)22(14)33-4/h5-8,10,12-13H,9,11H2,1-4H3/b20-12-. The summed E-state index contributed by atoms with van der Waals surface area (Å²) in [5.74, 6) is 2.44. The molecule has 10 heteroatoms. The van der Waals surface area contributed by atoms with Crippen molar-refractivity contribution in [2.24, 2.45) is 0 Å². The molecule has 0 saturated carbocycles. The topological polar surface area (TPSA) is 101 Å². The molecule has 2 aromatic carbocycles. The SMILES string of the molecule is COc1ccc(OC)c(C(=O)CCc2nc3s/c(=C\c4cccc(OC)c4OC)c(=O)n3n2)c1. The maximum atomic E-state index is 12.9. The number of hydrogen-bond donors (Lipinski definition) is 0. The summed E-state index contributed by atoms with van der Waals surface area (Å²) in [6, 6.07) is 10.5. The number of benzene rings is 2. The van der Waals surface area contributed by atoms with E-state index in [9.17, 15) is 9.59 Å². The lowest BCUT2D eigenvalue weighted by atomic mass is 10.0. The monoisotopic (exact) mass is 481 g/mol. The maximum absolute atomic E-state index is 12.9. The second kappa shape index (κ2) is 9.92. The Morgan fingerprint density at radius 1 is 1.03 bits per heavy atom. The van der Waals surface area contributed by atoms with E-state index in [4.69, 9.17) is 18.9 Å². The molecule has 0 N–H and O–H groups in total. The Morgan fingerprint density at radius 2 is 1.82 bits per heavy atom. The number of aromatic nitrogens is 3. The van der Waals surface area contributed by atoms with Crippen LogP contribution in [0.4, 0.5) is 0 Å². The number of methoxy groups -OCH3 is 4. The predicted octanol–water partition coefficient (Wildman–Crippen LogP) is 2.55. The highest BCUT2D eigenvalue weighted by atomic mass is 32.1. The van der Waals surface area contributed by atoms with E-state index >= 15 is 0 Å². The lowest BCUT2D eigenvalue weighted by Crippen LogP contribution is -2.24. The summed E-state index contributed by atoms with van der Waals surface area (Å²) < 4.78 is 23.0. The van der Waals surface area contributed by atoms with Crippen LogP contribution in [0.2, 0.25) is 0 Å². The van der Waals surface area contributed by atoms with Crippen molar-refractivity contribution in [3.63, 3.8) is 0 Å². The molecule has 2 heterocycles. The molecule has 0 atom stereocenters. The van der Waals surface area contributed by atoms with Gasteiger partial charge in [0.25, 0.3) is 5.56 Å². The molecule has 0 aliphatic heterocycles. The Balaban J connectivity index is 1.57. The first-order valence-electron chi connectivity index (χ1n) is 10.4. The number of fused-ring (bicyclic) bond motifs is 1. The van der Waals surface area contributed by atoms with Gasteiger partial charge < -0.3 is 18.9 Å². The van der Waals surface area contributed by atoms with Gasteiger partial charge in [-0.2, -0.15) is 4.52 Å². The van der Waals surface area contributed by atoms with E-state index in [1.807, 2.05) is 12.1 Å². The van der Waals surface area contributed by atoms with Crippen LogP contribution in [0.5, 0.6) is 23.0 Å². The van der Waals surface area contributed by atoms with Crippen LogP contribution in [0.25, 0.3) is 11.0 Å². The van der Waals surface area contributed by atoms with E-state index in [2.05, 4.69) is 10.1 Å². The Hall–Kier alpha value is -3.92. The zero-order valence-electron chi connectivity index (χ0n) is 19.2. The van der Waals surface area contributed by atoms with Gasteiger partial charge in [-0.25, -0.2) is 4.98 Å². The number of ketones is 1. The average molecular weight is 482 g/mol. The first-order valence-corrected chi connectivity index (χ1v) is 11.2. The number of aryl methyl sites for hydroxylation is 1. The largest absolute Gasteiger partial charge is 0.497 e. The molecular weight excluding hydrogens is 458 g/mol. The zero-order valence-corrected chi connectivity index (χ0v) is 20.0. The molecule has 0 saturated heterocycles. The number of para-hydroxylation sites is 1. The number of hydrogen-bond acceptors (Lipinski definition) is 9. The Kier molecular flexibility index (Phi) is 6.78. The van der Waals surface area contributed by atoms with Crippen LogP contribution in [-0.2, 0) is 6.42 Å². The Bertz CT molecular complexity index is 1460. The molecule has 34 heavy (non-hydrogen) atoms. The number of ether oxygens (including phenoxy) is 4. The fourth-order valence-electron chi connectivity index (χ4n) is 3.54. The van der Waals surface area contributed by atoms with Crippen molar-refractivity contribution in [3.8, 4) is 23.0 Å². The lowest BCUT2D eigenvalue weighted by molar-refractivity contribution is 0.0979. The summed E-state index contributed by atoms with van der Waals surface area (Å²) in [7, 11) is 6.15. The first-order chi connectivity index (χ1) is 16.5. The number of nitrogens with zero attached hydrogens (tertiary/aromatic N) is 3. The van der Waals surface area contributed by atoms with Gasteiger partial charge in [0.15, 0.2) is 23.1 Å². The van der Waals surface area contributed by atoms with Gasteiger partial charge in [0.1, 0.15) is 11.5 Å².